The Kier molecular flexibility index (Phi) is 8.69. The maximum absolute atomic E-state index is 12.6. The summed E-state index contributed by atoms with van der Waals surface area (Å²) in [5.74, 6) is -0.169. The van der Waals surface area contributed by atoms with Crippen LogP contribution in [0, 0.1) is 0 Å². The van der Waals surface area contributed by atoms with Gasteiger partial charge < -0.3 is 18.5 Å². The minimum atomic E-state index is -3.17. The highest BCUT2D eigenvalue weighted by atomic mass is 31.2. The highest BCUT2D eigenvalue weighted by Gasteiger charge is 2.37. The molecule has 6 nitrogen and oxygen atoms in total. The van der Waals surface area contributed by atoms with Crippen molar-refractivity contribution >= 4 is 14.7 Å². The molecule has 0 heterocycles. The molecular weight excluding hydrogens is 290 g/mol. The fraction of sp³-hybridized carbons (Fsp3) is 1.00. The van der Waals surface area contributed by atoms with Gasteiger partial charge in [0, 0.05) is 14.2 Å². The van der Waals surface area contributed by atoms with E-state index in [1.54, 1.807) is 27.7 Å². The standard InChI is InChI=1S/C11H26O6P2/c1-10(2)16-18(12,7-14-5)9-19(13,8-15-6)17-11(3)4/h10-11H,7-9H2,1-6H3. The van der Waals surface area contributed by atoms with Gasteiger partial charge in [-0.15, -0.1) is 0 Å². The molecule has 0 aromatic rings. The smallest absolute Gasteiger partial charge is 0.237 e. The van der Waals surface area contributed by atoms with Crippen molar-refractivity contribution in [2.24, 2.45) is 0 Å². The maximum Gasteiger partial charge on any atom is 0.237 e. The van der Waals surface area contributed by atoms with E-state index < -0.39 is 14.7 Å². The molecule has 0 saturated carbocycles. The average Bonchev–Trinajstić information content (AvgIpc) is 2.12. The molecule has 2 unspecified atom stereocenters. The Morgan fingerprint density at radius 3 is 1.32 bits per heavy atom. The van der Waals surface area contributed by atoms with Crippen molar-refractivity contribution in [2.75, 3.05) is 32.8 Å². The quantitative estimate of drug-likeness (QED) is 0.574. The minimum Gasteiger partial charge on any atom is -0.375 e. The Bertz CT molecular complexity index is 310. The molecule has 8 heteroatoms. The Hall–Kier alpha value is 0.300. The van der Waals surface area contributed by atoms with Crippen molar-refractivity contribution < 1.29 is 27.7 Å². The number of methoxy groups -OCH3 is 2. The van der Waals surface area contributed by atoms with Gasteiger partial charge in [0.15, 0.2) is 0 Å². The number of hydrogen-bond acceptors (Lipinski definition) is 6. The molecule has 0 rings (SSSR count). The Morgan fingerprint density at radius 2 is 1.11 bits per heavy atom. The van der Waals surface area contributed by atoms with Crippen LogP contribution in [-0.2, 0) is 27.7 Å². The van der Waals surface area contributed by atoms with Crippen LogP contribution in [0.2, 0.25) is 0 Å². The van der Waals surface area contributed by atoms with Crippen LogP contribution >= 0.6 is 14.7 Å². The summed E-state index contributed by atoms with van der Waals surface area (Å²) >= 11 is 0. The van der Waals surface area contributed by atoms with Crippen LogP contribution in [0.25, 0.3) is 0 Å². The lowest BCUT2D eigenvalue weighted by atomic mass is 10.5. The summed E-state index contributed by atoms with van der Waals surface area (Å²) in [4.78, 5) is 0. The zero-order chi connectivity index (χ0) is 15.1. The summed E-state index contributed by atoms with van der Waals surface area (Å²) in [6.45, 7) is 7.08. The van der Waals surface area contributed by atoms with Gasteiger partial charge in [0.25, 0.3) is 0 Å². The van der Waals surface area contributed by atoms with Gasteiger partial charge in [-0.25, -0.2) is 0 Å². The molecule has 0 N–H and O–H groups in total. The molecule has 0 fully saturated rings. The lowest BCUT2D eigenvalue weighted by Crippen LogP contribution is -2.12. The number of rotatable bonds is 10. The van der Waals surface area contributed by atoms with E-state index in [1.807, 2.05) is 0 Å². The molecule has 0 aromatic heterocycles. The number of hydrogen-bond donors (Lipinski definition) is 0. The first-order valence-electron chi connectivity index (χ1n) is 6.17. The fourth-order valence-electron chi connectivity index (χ4n) is 1.70. The highest BCUT2D eigenvalue weighted by Crippen LogP contribution is 2.63. The van der Waals surface area contributed by atoms with E-state index in [1.165, 1.54) is 14.2 Å². The van der Waals surface area contributed by atoms with Crippen molar-refractivity contribution in [2.45, 2.75) is 39.9 Å². The Morgan fingerprint density at radius 1 is 0.789 bits per heavy atom. The maximum atomic E-state index is 12.6. The van der Waals surface area contributed by atoms with Crippen LogP contribution in [-0.4, -0.2) is 45.0 Å². The third kappa shape index (κ3) is 8.23. The van der Waals surface area contributed by atoms with E-state index in [9.17, 15) is 9.13 Å². The summed E-state index contributed by atoms with van der Waals surface area (Å²) in [6, 6.07) is 0. The van der Waals surface area contributed by atoms with Crippen LogP contribution in [0.1, 0.15) is 27.7 Å². The van der Waals surface area contributed by atoms with Crippen LogP contribution in [0.5, 0.6) is 0 Å². The van der Waals surface area contributed by atoms with Crippen molar-refractivity contribution in [1.29, 1.82) is 0 Å². The highest BCUT2D eigenvalue weighted by molar-refractivity contribution is 7.76. The number of ether oxygens (including phenoxy) is 2. The predicted octanol–water partition coefficient (Wildman–Crippen LogP) is 3.56. The zero-order valence-electron chi connectivity index (χ0n) is 12.6. The molecule has 2 atom stereocenters. The lowest BCUT2D eigenvalue weighted by molar-refractivity contribution is 0.188. The third-order valence-corrected chi connectivity index (χ3v) is 8.25. The molecule has 0 aromatic carbocycles. The molecular formula is C11H26O6P2. The molecule has 19 heavy (non-hydrogen) atoms. The van der Waals surface area contributed by atoms with E-state index in [4.69, 9.17) is 18.5 Å². The van der Waals surface area contributed by atoms with Crippen molar-refractivity contribution in [3.8, 4) is 0 Å². The van der Waals surface area contributed by atoms with Gasteiger partial charge in [0.1, 0.15) is 18.6 Å². The van der Waals surface area contributed by atoms with E-state index in [2.05, 4.69) is 0 Å². The van der Waals surface area contributed by atoms with Gasteiger partial charge >= 0.3 is 0 Å². The molecule has 0 bridgehead atoms. The SMILES string of the molecule is COCP(=O)(CP(=O)(COC)OC(C)C)OC(C)C. The molecule has 116 valence electrons. The fourth-order valence-corrected chi connectivity index (χ4v) is 7.96. The first kappa shape index (κ1) is 19.3. The summed E-state index contributed by atoms with van der Waals surface area (Å²) in [5.41, 5.74) is 0. The Labute approximate surface area is 116 Å². The van der Waals surface area contributed by atoms with Gasteiger partial charge in [0.2, 0.25) is 14.7 Å². The molecule has 0 aliphatic rings. The van der Waals surface area contributed by atoms with Gasteiger partial charge in [-0.3, -0.25) is 9.13 Å². The molecule has 0 aliphatic heterocycles. The topological polar surface area (TPSA) is 71.1 Å². The largest absolute Gasteiger partial charge is 0.375 e. The van der Waals surface area contributed by atoms with Crippen LogP contribution in [0.15, 0.2) is 0 Å². The summed E-state index contributed by atoms with van der Waals surface area (Å²) in [5, 5.41) is 0. The molecule has 0 saturated heterocycles. The molecule has 0 radical (unpaired) electrons. The van der Waals surface area contributed by atoms with Crippen LogP contribution in [0.3, 0.4) is 0 Å². The van der Waals surface area contributed by atoms with Crippen LogP contribution in [0.4, 0.5) is 0 Å². The van der Waals surface area contributed by atoms with Crippen molar-refractivity contribution in [1.82, 2.24) is 0 Å². The first-order valence-corrected chi connectivity index (χ1v) is 10.2. The first-order chi connectivity index (χ1) is 8.66. The second kappa shape index (κ2) is 8.56. The summed E-state index contributed by atoms with van der Waals surface area (Å²) in [6.07, 6.45) is -0.646. The molecule has 0 aliphatic carbocycles. The summed E-state index contributed by atoms with van der Waals surface area (Å²) < 4.78 is 46.0. The van der Waals surface area contributed by atoms with E-state index in [0.717, 1.165) is 0 Å². The van der Waals surface area contributed by atoms with Gasteiger partial charge in [0.05, 0.1) is 12.2 Å². The van der Waals surface area contributed by atoms with Gasteiger partial charge in [-0.05, 0) is 27.7 Å². The van der Waals surface area contributed by atoms with Crippen LogP contribution < -0.4 is 0 Å². The Balaban J connectivity index is 5.03. The van der Waals surface area contributed by atoms with E-state index >= 15 is 0 Å². The summed E-state index contributed by atoms with van der Waals surface area (Å²) in [7, 11) is -3.48. The average molecular weight is 316 g/mol. The predicted molar refractivity (Wildman–Crippen MR) is 76.3 cm³/mol. The molecule has 0 spiro atoms. The monoisotopic (exact) mass is 316 g/mol. The second-order valence-corrected chi connectivity index (χ2v) is 10.2. The van der Waals surface area contributed by atoms with E-state index in [0.29, 0.717) is 0 Å². The van der Waals surface area contributed by atoms with Gasteiger partial charge in [-0.1, -0.05) is 0 Å². The van der Waals surface area contributed by atoms with Crippen molar-refractivity contribution in [3.05, 3.63) is 0 Å². The zero-order valence-corrected chi connectivity index (χ0v) is 14.4. The second-order valence-electron chi connectivity index (χ2n) is 4.91. The van der Waals surface area contributed by atoms with E-state index in [-0.39, 0.29) is 30.8 Å². The van der Waals surface area contributed by atoms with Crippen molar-refractivity contribution in [3.63, 3.8) is 0 Å². The normalized spacial score (nSPS) is 18.5. The third-order valence-electron chi connectivity index (χ3n) is 1.89. The van der Waals surface area contributed by atoms with Gasteiger partial charge in [-0.2, -0.15) is 0 Å². The lowest BCUT2D eigenvalue weighted by Gasteiger charge is -2.26. The minimum absolute atomic E-state index is 0.0830. The molecule has 0 amide bonds.